The number of rotatable bonds is 4. The SMILES string of the molecule is O=C(NCc1cc(C(F)(F)F)cc(C(F)(F)F)c1)c1ccnn1-c1ccccc1. The summed E-state index contributed by atoms with van der Waals surface area (Å²) in [6, 6.07) is 11.1. The number of nitrogens with zero attached hydrogens (tertiary/aromatic N) is 2. The highest BCUT2D eigenvalue weighted by atomic mass is 19.4. The van der Waals surface area contributed by atoms with E-state index in [2.05, 4.69) is 10.4 Å². The lowest BCUT2D eigenvalue weighted by Crippen LogP contribution is -2.26. The molecular formula is C19H13F6N3O. The lowest BCUT2D eigenvalue weighted by Gasteiger charge is -2.15. The van der Waals surface area contributed by atoms with Gasteiger partial charge in [0.2, 0.25) is 0 Å². The first-order chi connectivity index (χ1) is 13.6. The number of nitrogens with one attached hydrogen (secondary N) is 1. The average molecular weight is 413 g/mol. The van der Waals surface area contributed by atoms with Crippen molar-refractivity contribution in [1.82, 2.24) is 15.1 Å². The van der Waals surface area contributed by atoms with E-state index in [4.69, 9.17) is 0 Å². The van der Waals surface area contributed by atoms with Gasteiger partial charge in [-0.1, -0.05) is 18.2 Å². The maximum absolute atomic E-state index is 12.9. The number of hydrogen-bond donors (Lipinski definition) is 1. The first-order valence-corrected chi connectivity index (χ1v) is 8.22. The third-order valence-electron chi connectivity index (χ3n) is 3.98. The summed E-state index contributed by atoms with van der Waals surface area (Å²) in [4.78, 5) is 12.4. The zero-order chi connectivity index (χ0) is 21.2. The minimum absolute atomic E-state index is 0.0375. The van der Waals surface area contributed by atoms with Gasteiger partial charge in [0.1, 0.15) is 5.69 Å². The molecule has 0 spiro atoms. The molecule has 152 valence electrons. The molecular weight excluding hydrogens is 400 g/mol. The lowest BCUT2D eigenvalue weighted by atomic mass is 10.0. The highest BCUT2D eigenvalue weighted by Gasteiger charge is 2.36. The van der Waals surface area contributed by atoms with Crippen LogP contribution in [-0.2, 0) is 18.9 Å². The minimum Gasteiger partial charge on any atom is -0.347 e. The van der Waals surface area contributed by atoms with Gasteiger partial charge in [-0.15, -0.1) is 0 Å². The number of amides is 1. The second kappa shape index (κ2) is 7.61. The molecule has 1 aromatic heterocycles. The number of carbonyl (C=O) groups is 1. The fourth-order valence-electron chi connectivity index (χ4n) is 2.64. The van der Waals surface area contributed by atoms with Gasteiger partial charge in [-0.05, 0) is 42.0 Å². The van der Waals surface area contributed by atoms with Gasteiger partial charge in [0.25, 0.3) is 5.91 Å². The number of halogens is 6. The van der Waals surface area contributed by atoms with Crippen LogP contribution in [0.4, 0.5) is 26.3 Å². The molecule has 0 aliphatic heterocycles. The lowest BCUT2D eigenvalue weighted by molar-refractivity contribution is -0.143. The van der Waals surface area contributed by atoms with Crippen molar-refractivity contribution < 1.29 is 31.1 Å². The van der Waals surface area contributed by atoms with E-state index in [1.54, 1.807) is 30.3 Å². The van der Waals surface area contributed by atoms with Gasteiger partial charge in [0, 0.05) is 6.54 Å². The van der Waals surface area contributed by atoms with Gasteiger partial charge in [0.05, 0.1) is 23.0 Å². The maximum atomic E-state index is 12.9. The van der Waals surface area contributed by atoms with Gasteiger partial charge in [-0.2, -0.15) is 31.4 Å². The number of carbonyl (C=O) groups excluding carboxylic acids is 1. The van der Waals surface area contributed by atoms with E-state index in [-0.39, 0.29) is 17.3 Å². The smallest absolute Gasteiger partial charge is 0.347 e. The van der Waals surface area contributed by atoms with Gasteiger partial charge in [0.15, 0.2) is 0 Å². The van der Waals surface area contributed by atoms with Gasteiger partial charge < -0.3 is 5.32 Å². The normalized spacial score (nSPS) is 12.1. The number of alkyl halides is 6. The number of benzene rings is 2. The van der Waals surface area contributed by atoms with E-state index in [0.717, 1.165) is 0 Å². The van der Waals surface area contributed by atoms with E-state index in [1.807, 2.05) is 0 Å². The Morgan fingerprint density at radius 2 is 1.48 bits per heavy atom. The highest BCUT2D eigenvalue weighted by molar-refractivity contribution is 5.93. The van der Waals surface area contributed by atoms with Crippen molar-refractivity contribution in [2.75, 3.05) is 0 Å². The summed E-state index contributed by atoms with van der Waals surface area (Å²) in [6.07, 6.45) is -8.55. The van der Waals surface area contributed by atoms with Crippen molar-refractivity contribution in [3.05, 3.63) is 83.2 Å². The largest absolute Gasteiger partial charge is 0.416 e. The van der Waals surface area contributed by atoms with Crippen LogP contribution in [0.15, 0.2) is 60.8 Å². The van der Waals surface area contributed by atoms with E-state index in [0.29, 0.717) is 17.8 Å². The standard InChI is InChI=1S/C19H13F6N3O/c20-18(21,22)13-8-12(9-14(10-13)19(23,24)25)11-26-17(29)16-6-7-27-28(16)15-4-2-1-3-5-15/h1-10H,11H2,(H,26,29). The van der Waals surface area contributed by atoms with Crippen LogP contribution in [0.1, 0.15) is 27.2 Å². The van der Waals surface area contributed by atoms with Crippen LogP contribution in [-0.4, -0.2) is 15.7 Å². The second-order valence-corrected chi connectivity index (χ2v) is 6.06. The van der Waals surface area contributed by atoms with Gasteiger partial charge in [-0.3, -0.25) is 4.79 Å². The van der Waals surface area contributed by atoms with Crippen LogP contribution >= 0.6 is 0 Å². The first kappa shape index (κ1) is 20.4. The molecule has 29 heavy (non-hydrogen) atoms. The Morgan fingerprint density at radius 3 is 2.03 bits per heavy atom. The molecule has 0 saturated heterocycles. The predicted octanol–water partition coefficient (Wildman–Crippen LogP) is 4.84. The fraction of sp³-hybridized carbons (Fsp3) is 0.158. The maximum Gasteiger partial charge on any atom is 0.416 e. The zero-order valence-corrected chi connectivity index (χ0v) is 14.6. The molecule has 10 heteroatoms. The van der Waals surface area contributed by atoms with Crippen LogP contribution in [0.5, 0.6) is 0 Å². The Balaban J connectivity index is 1.84. The molecule has 3 aromatic rings. The third-order valence-corrected chi connectivity index (χ3v) is 3.98. The number of para-hydroxylation sites is 1. The molecule has 3 rings (SSSR count). The molecule has 1 N–H and O–H groups in total. The molecule has 1 amide bonds. The molecule has 1 heterocycles. The van der Waals surface area contributed by atoms with Gasteiger partial charge >= 0.3 is 12.4 Å². The Morgan fingerprint density at radius 1 is 0.897 bits per heavy atom. The summed E-state index contributed by atoms with van der Waals surface area (Å²) in [5, 5.41) is 6.35. The summed E-state index contributed by atoms with van der Waals surface area (Å²) in [6.45, 7) is -0.522. The van der Waals surface area contributed by atoms with Crippen molar-refractivity contribution in [3.63, 3.8) is 0 Å². The monoisotopic (exact) mass is 413 g/mol. The Labute approximate surface area is 160 Å². The molecule has 0 unspecified atom stereocenters. The average Bonchev–Trinajstić information content (AvgIpc) is 3.15. The minimum atomic E-state index is -4.95. The summed E-state index contributed by atoms with van der Waals surface area (Å²) < 4.78 is 78.9. The summed E-state index contributed by atoms with van der Waals surface area (Å²) in [7, 11) is 0. The second-order valence-electron chi connectivity index (χ2n) is 6.06. The van der Waals surface area contributed by atoms with Gasteiger partial charge in [-0.25, -0.2) is 4.68 Å². The van der Waals surface area contributed by atoms with E-state index >= 15 is 0 Å². The van der Waals surface area contributed by atoms with Crippen molar-refractivity contribution >= 4 is 5.91 Å². The fourth-order valence-corrected chi connectivity index (χ4v) is 2.64. The van der Waals surface area contributed by atoms with Crippen molar-refractivity contribution in [3.8, 4) is 5.69 Å². The summed E-state index contributed by atoms with van der Waals surface area (Å²) in [5.41, 5.74) is -2.55. The van der Waals surface area contributed by atoms with E-state index in [1.165, 1.54) is 16.9 Å². The predicted molar refractivity (Wildman–Crippen MR) is 91.2 cm³/mol. The Bertz CT molecular complexity index is 977. The zero-order valence-electron chi connectivity index (χ0n) is 14.6. The molecule has 0 aliphatic rings. The topological polar surface area (TPSA) is 46.9 Å². The van der Waals surface area contributed by atoms with Crippen LogP contribution in [0, 0.1) is 0 Å². The highest BCUT2D eigenvalue weighted by Crippen LogP contribution is 2.36. The first-order valence-electron chi connectivity index (χ1n) is 8.22. The molecule has 0 radical (unpaired) electrons. The third kappa shape index (κ3) is 4.76. The summed E-state index contributed by atoms with van der Waals surface area (Å²) in [5.74, 6) is -0.697. The molecule has 0 aliphatic carbocycles. The number of aromatic nitrogens is 2. The van der Waals surface area contributed by atoms with Crippen LogP contribution < -0.4 is 5.32 Å². The van der Waals surface area contributed by atoms with Crippen LogP contribution in [0.2, 0.25) is 0 Å². The van der Waals surface area contributed by atoms with Crippen molar-refractivity contribution in [2.45, 2.75) is 18.9 Å². The van der Waals surface area contributed by atoms with E-state index in [9.17, 15) is 31.1 Å². The van der Waals surface area contributed by atoms with Crippen molar-refractivity contribution in [1.29, 1.82) is 0 Å². The van der Waals surface area contributed by atoms with Crippen LogP contribution in [0.3, 0.4) is 0 Å². The molecule has 0 saturated carbocycles. The van der Waals surface area contributed by atoms with E-state index < -0.39 is 35.9 Å². The molecule has 0 atom stereocenters. The molecule has 0 bridgehead atoms. The molecule has 0 fully saturated rings. The number of hydrogen-bond acceptors (Lipinski definition) is 2. The Hall–Kier alpha value is -3.30. The van der Waals surface area contributed by atoms with Crippen molar-refractivity contribution in [2.24, 2.45) is 0 Å². The summed E-state index contributed by atoms with van der Waals surface area (Å²) >= 11 is 0. The quantitative estimate of drug-likeness (QED) is 0.623. The Kier molecular flexibility index (Phi) is 5.36. The van der Waals surface area contributed by atoms with Crippen LogP contribution in [0.25, 0.3) is 5.69 Å². The molecule has 4 nitrogen and oxygen atoms in total. The molecule has 2 aromatic carbocycles.